The first kappa shape index (κ1) is 18.6. The summed E-state index contributed by atoms with van der Waals surface area (Å²) in [5, 5.41) is 13.0. The molecule has 0 amide bonds. The molecule has 0 aliphatic carbocycles. The van der Waals surface area contributed by atoms with E-state index in [2.05, 4.69) is 15.3 Å². The number of nitrogens with zero attached hydrogens (tertiary/aromatic N) is 2. The fourth-order valence-electron chi connectivity index (χ4n) is 4.24. The van der Waals surface area contributed by atoms with Crippen molar-refractivity contribution < 1.29 is 8.42 Å². The average molecular weight is 425 g/mol. The number of rotatable bonds is 3. The molecule has 2 aromatic carbocycles. The van der Waals surface area contributed by atoms with Crippen molar-refractivity contribution in [2.45, 2.75) is 23.7 Å². The molecule has 0 spiro atoms. The number of aromatic nitrogens is 2. The zero-order valence-electron chi connectivity index (χ0n) is 15.6. The summed E-state index contributed by atoms with van der Waals surface area (Å²) in [6, 6.07) is 11.6. The first-order chi connectivity index (χ1) is 14.0. The van der Waals surface area contributed by atoms with Gasteiger partial charge >= 0.3 is 0 Å². The standard InChI is InChI=1S/C21H20N4O2S2/c22-29(26,27)20-16(21-24-12-18-17(25-21)7-10-28-18)11-14-3-1-2-4-15(14)19(20)13-5-8-23-9-6-13/h1-4,7,10-13,23H,5-6,8-9H2,(H2,22,26,27). The Morgan fingerprint density at radius 3 is 2.72 bits per heavy atom. The van der Waals surface area contributed by atoms with Crippen LogP contribution in [0.1, 0.15) is 24.3 Å². The molecule has 6 nitrogen and oxygen atoms in total. The van der Waals surface area contributed by atoms with Crippen LogP contribution >= 0.6 is 11.3 Å². The van der Waals surface area contributed by atoms with E-state index < -0.39 is 10.0 Å². The molecular formula is C21H20N4O2S2. The van der Waals surface area contributed by atoms with Crippen molar-refractivity contribution in [3.63, 3.8) is 0 Å². The van der Waals surface area contributed by atoms with Gasteiger partial charge in [0.05, 0.1) is 15.1 Å². The van der Waals surface area contributed by atoms with Crippen molar-refractivity contribution in [3.8, 4) is 11.4 Å². The highest BCUT2D eigenvalue weighted by molar-refractivity contribution is 7.89. The van der Waals surface area contributed by atoms with Gasteiger partial charge in [-0.2, -0.15) is 0 Å². The van der Waals surface area contributed by atoms with Gasteiger partial charge in [0.1, 0.15) is 0 Å². The SMILES string of the molecule is NS(=O)(=O)c1c(-c2ncc3sccc3n2)cc2ccccc2c1C1CCNCC1. The number of nitrogens with one attached hydrogen (secondary N) is 1. The van der Waals surface area contributed by atoms with E-state index in [0.29, 0.717) is 11.4 Å². The summed E-state index contributed by atoms with van der Waals surface area (Å²) in [4.78, 5) is 9.29. The van der Waals surface area contributed by atoms with Crippen LogP contribution in [0, 0.1) is 0 Å². The van der Waals surface area contributed by atoms with Gasteiger partial charge in [0.2, 0.25) is 10.0 Å². The van der Waals surface area contributed by atoms with Gasteiger partial charge in [0.15, 0.2) is 5.82 Å². The number of sulfonamides is 1. The number of benzene rings is 2. The van der Waals surface area contributed by atoms with Crippen LogP contribution in [-0.2, 0) is 10.0 Å². The fraction of sp³-hybridized carbons (Fsp3) is 0.238. The summed E-state index contributed by atoms with van der Waals surface area (Å²) < 4.78 is 26.7. The number of piperidine rings is 1. The lowest BCUT2D eigenvalue weighted by molar-refractivity contribution is 0.457. The molecule has 1 aliphatic heterocycles. The number of hydrogen-bond acceptors (Lipinski definition) is 6. The van der Waals surface area contributed by atoms with Crippen LogP contribution in [0.4, 0.5) is 0 Å². The van der Waals surface area contributed by atoms with Gasteiger partial charge in [-0.05, 0) is 65.7 Å². The molecule has 5 rings (SSSR count). The van der Waals surface area contributed by atoms with Gasteiger partial charge in [-0.25, -0.2) is 23.5 Å². The van der Waals surface area contributed by atoms with E-state index in [1.165, 1.54) is 0 Å². The quantitative estimate of drug-likeness (QED) is 0.523. The third kappa shape index (κ3) is 3.32. The molecular weight excluding hydrogens is 404 g/mol. The minimum Gasteiger partial charge on any atom is -0.317 e. The highest BCUT2D eigenvalue weighted by atomic mass is 32.2. The monoisotopic (exact) mass is 424 g/mol. The van der Waals surface area contributed by atoms with Gasteiger partial charge < -0.3 is 5.32 Å². The van der Waals surface area contributed by atoms with Crippen molar-refractivity contribution >= 4 is 42.3 Å². The minimum atomic E-state index is -3.99. The van der Waals surface area contributed by atoms with Crippen molar-refractivity contribution in [1.29, 1.82) is 0 Å². The molecule has 2 aromatic heterocycles. The van der Waals surface area contributed by atoms with Gasteiger partial charge in [-0.3, -0.25) is 0 Å². The van der Waals surface area contributed by atoms with E-state index in [4.69, 9.17) is 5.14 Å². The van der Waals surface area contributed by atoms with Crippen molar-refractivity contribution in [1.82, 2.24) is 15.3 Å². The van der Waals surface area contributed by atoms with Crippen LogP contribution in [0.5, 0.6) is 0 Å². The van der Waals surface area contributed by atoms with Crippen molar-refractivity contribution in [2.75, 3.05) is 13.1 Å². The molecule has 4 aromatic rings. The fourth-order valence-corrected chi connectivity index (χ4v) is 5.97. The molecule has 3 heterocycles. The van der Waals surface area contributed by atoms with E-state index in [1.54, 1.807) is 17.5 Å². The maximum absolute atomic E-state index is 12.9. The maximum atomic E-state index is 12.9. The number of thiophene rings is 1. The average Bonchev–Trinajstić information content (AvgIpc) is 3.20. The Hall–Kier alpha value is -2.39. The molecule has 8 heteroatoms. The number of fused-ring (bicyclic) bond motifs is 2. The summed E-state index contributed by atoms with van der Waals surface area (Å²) in [6.07, 6.45) is 3.47. The Bertz CT molecular complexity index is 1330. The summed E-state index contributed by atoms with van der Waals surface area (Å²) in [5.74, 6) is 0.500. The largest absolute Gasteiger partial charge is 0.317 e. The van der Waals surface area contributed by atoms with E-state index in [-0.39, 0.29) is 10.8 Å². The molecule has 0 saturated carbocycles. The van der Waals surface area contributed by atoms with Gasteiger partial charge in [0.25, 0.3) is 0 Å². The zero-order valence-corrected chi connectivity index (χ0v) is 17.3. The molecule has 0 radical (unpaired) electrons. The summed E-state index contributed by atoms with van der Waals surface area (Å²) in [5.41, 5.74) is 2.08. The molecule has 148 valence electrons. The van der Waals surface area contributed by atoms with Gasteiger partial charge in [0, 0.05) is 11.8 Å². The highest BCUT2D eigenvalue weighted by Gasteiger charge is 2.29. The number of hydrogen-bond donors (Lipinski definition) is 2. The Balaban J connectivity index is 1.87. The Kier molecular flexibility index (Phi) is 4.59. The van der Waals surface area contributed by atoms with Crippen LogP contribution in [0.2, 0.25) is 0 Å². The Morgan fingerprint density at radius 2 is 1.93 bits per heavy atom. The smallest absolute Gasteiger partial charge is 0.239 e. The van der Waals surface area contributed by atoms with Crippen LogP contribution < -0.4 is 10.5 Å². The first-order valence-electron chi connectivity index (χ1n) is 9.52. The molecule has 1 fully saturated rings. The number of nitrogens with two attached hydrogens (primary N) is 1. The highest BCUT2D eigenvalue weighted by Crippen LogP contribution is 2.41. The lowest BCUT2D eigenvalue weighted by Crippen LogP contribution is -2.28. The molecule has 3 N–H and O–H groups in total. The Labute approximate surface area is 172 Å². The molecule has 0 unspecified atom stereocenters. The van der Waals surface area contributed by atoms with E-state index in [0.717, 1.165) is 52.5 Å². The second-order valence-electron chi connectivity index (χ2n) is 7.32. The first-order valence-corrected chi connectivity index (χ1v) is 11.9. The summed E-state index contributed by atoms with van der Waals surface area (Å²) >= 11 is 1.55. The lowest BCUT2D eigenvalue weighted by atomic mass is 9.85. The van der Waals surface area contributed by atoms with Crippen LogP contribution in [0.25, 0.3) is 32.4 Å². The topological polar surface area (TPSA) is 98.0 Å². The van der Waals surface area contributed by atoms with Crippen molar-refractivity contribution in [2.24, 2.45) is 5.14 Å². The predicted molar refractivity (Wildman–Crippen MR) is 117 cm³/mol. The lowest BCUT2D eigenvalue weighted by Gasteiger charge is -2.27. The summed E-state index contributed by atoms with van der Waals surface area (Å²) in [6.45, 7) is 1.70. The van der Waals surface area contributed by atoms with E-state index >= 15 is 0 Å². The Morgan fingerprint density at radius 1 is 1.14 bits per heavy atom. The third-order valence-corrected chi connectivity index (χ3v) is 7.37. The third-order valence-electron chi connectivity index (χ3n) is 5.52. The molecule has 1 saturated heterocycles. The van der Waals surface area contributed by atoms with Gasteiger partial charge in [-0.1, -0.05) is 24.3 Å². The van der Waals surface area contributed by atoms with E-state index in [1.807, 2.05) is 41.8 Å². The van der Waals surface area contributed by atoms with Crippen LogP contribution in [-0.4, -0.2) is 31.5 Å². The molecule has 0 atom stereocenters. The van der Waals surface area contributed by atoms with Crippen molar-refractivity contribution in [3.05, 3.63) is 53.5 Å². The normalized spacial score (nSPS) is 15.9. The van der Waals surface area contributed by atoms with Crippen LogP contribution in [0.15, 0.2) is 52.9 Å². The second-order valence-corrected chi connectivity index (χ2v) is 9.77. The predicted octanol–water partition coefficient (Wildman–Crippen LogP) is 3.63. The summed E-state index contributed by atoms with van der Waals surface area (Å²) in [7, 11) is -3.99. The second kappa shape index (κ2) is 7.14. The number of primary sulfonamides is 1. The molecule has 0 bridgehead atoms. The van der Waals surface area contributed by atoms with E-state index in [9.17, 15) is 8.42 Å². The van der Waals surface area contributed by atoms with Gasteiger partial charge in [-0.15, -0.1) is 11.3 Å². The maximum Gasteiger partial charge on any atom is 0.239 e. The zero-order chi connectivity index (χ0) is 20.0. The minimum absolute atomic E-state index is 0.110. The van der Waals surface area contributed by atoms with Crippen LogP contribution in [0.3, 0.4) is 0 Å². The molecule has 1 aliphatic rings. The molecule has 29 heavy (non-hydrogen) atoms.